The maximum atomic E-state index is 13.9. The van der Waals surface area contributed by atoms with Crippen molar-refractivity contribution < 1.29 is 18.4 Å². The van der Waals surface area contributed by atoms with Crippen LogP contribution < -0.4 is 5.73 Å². The van der Waals surface area contributed by atoms with Gasteiger partial charge in [-0.25, -0.2) is 13.8 Å². The number of aromatic nitrogens is 1. The Balaban J connectivity index is 1.48. The molecule has 1 aliphatic rings. The van der Waals surface area contributed by atoms with Gasteiger partial charge < -0.3 is 15.6 Å². The van der Waals surface area contributed by atoms with Crippen molar-refractivity contribution in [3.63, 3.8) is 0 Å². The van der Waals surface area contributed by atoms with Crippen LogP contribution in [0.2, 0.25) is 5.02 Å². The van der Waals surface area contributed by atoms with Crippen LogP contribution >= 0.6 is 11.6 Å². The Morgan fingerprint density at radius 1 is 1.28 bits per heavy atom. The summed E-state index contributed by atoms with van der Waals surface area (Å²) in [5.41, 5.74) is 7.44. The van der Waals surface area contributed by atoms with Crippen LogP contribution in [0.25, 0.3) is 10.9 Å². The fourth-order valence-corrected chi connectivity index (χ4v) is 3.47. The lowest BCUT2D eigenvalue weighted by Crippen LogP contribution is -2.40. The minimum absolute atomic E-state index is 0.0834. The summed E-state index contributed by atoms with van der Waals surface area (Å²) in [4.78, 5) is 24.7. The van der Waals surface area contributed by atoms with Gasteiger partial charge in [-0.1, -0.05) is 23.7 Å². The van der Waals surface area contributed by atoms with Crippen molar-refractivity contribution in [1.82, 2.24) is 10.0 Å². The minimum Gasteiger partial charge on any atom is -0.388 e. The lowest BCUT2D eigenvalue weighted by atomic mass is 10.1. The van der Waals surface area contributed by atoms with E-state index in [2.05, 4.69) is 9.98 Å². The van der Waals surface area contributed by atoms with E-state index in [4.69, 9.17) is 22.2 Å². The number of carbonyl (C=O) groups is 1. The zero-order chi connectivity index (χ0) is 20.5. The van der Waals surface area contributed by atoms with E-state index in [1.165, 1.54) is 17.2 Å². The van der Waals surface area contributed by atoms with E-state index in [0.717, 1.165) is 22.5 Å². The van der Waals surface area contributed by atoms with Gasteiger partial charge >= 0.3 is 0 Å². The second-order valence-corrected chi connectivity index (χ2v) is 7.11. The second kappa shape index (κ2) is 7.81. The summed E-state index contributed by atoms with van der Waals surface area (Å²) in [6, 6.07) is 9.39. The predicted molar refractivity (Wildman–Crippen MR) is 105 cm³/mol. The van der Waals surface area contributed by atoms with Crippen molar-refractivity contribution in [3.05, 3.63) is 70.4 Å². The number of H-pyrrole nitrogens is 1. The number of nitrogens with zero attached hydrogens (tertiary/aromatic N) is 2. The molecule has 0 saturated heterocycles. The Labute approximate surface area is 169 Å². The average molecular weight is 419 g/mol. The van der Waals surface area contributed by atoms with Crippen LogP contribution in [-0.2, 0) is 22.5 Å². The number of carbonyl (C=O) groups excluding carboxylic acids is 1. The van der Waals surface area contributed by atoms with Crippen molar-refractivity contribution in [3.8, 4) is 0 Å². The first-order valence-electron chi connectivity index (χ1n) is 8.91. The van der Waals surface area contributed by atoms with Gasteiger partial charge in [-0.2, -0.15) is 0 Å². The maximum absolute atomic E-state index is 13.9. The van der Waals surface area contributed by atoms with Crippen LogP contribution in [0, 0.1) is 11.6 Å². The third-order valence-electron chi connectivity index (χ3n) is 4.72. The highest BCUT2D eigenvalue weighted by Crippen LogP contribution is 2.24. The molecule has 0 saturated carbocycles. The van der Waals surface area contributed by atoms with Gasteiger partial charge in [-0.15, -0.1) is 5.06 Å². The largest absolute Gasteiger partial charge is 0.388 e. The number of nitrogens with one attached hydrogen (secondary N) is 1. The van der Waals surface area contributed by atoms with Crippen LogP contribution in [0.5, 0.6) is 0 Å². The molecule has 1 aromatic heterocycles. The molecule has 4 rings (SSSR count). The summed E-state index contributed by atoms with van der Waals surface area (Å²) < 4.78 is 27.3. The van der Waals surface area contributed by atoms with Crippen molar-refractivity contribution in [1.29, 1.82) is 0 Å². The molecule has 0 aliphatic carbocycles. The van der Waals surface area contributed by atoms with E-state index < -0.39 is 23.7 Å². The molecule has 1 amide bonds. The molecular formula is C20H17ClF2N4O2. The van der Waals surface area contributed by atoms with Gasteiger partial charge in [-0.05, 0) is 36.2 Å². The topological polar surface area (TPSA) is 83.7 Å². The standard InChI is InChI=1S/C20H17ClF2N4O2/c21-13-4-5-16-14(9-13)12(10-25-16)6-7-27-20(19(24)28)26-17(29-27)8-11-2-1-3-15(22)18(11)23/h1-5,9-10,20,25H,6-8H2,(H2,24,28). The number of aromatic amines is 1. The van der Waals surface area contributed by atoms with Crippen LogP contribution in [0.15, 0.2) is 47.6 Å². The number of nitrogens with two attached hydrogens (primary N) is 1. The number of hydrogen-bond donors (Lipinski definition) is 2. The summed E-state index contributed by atoms with van der Waals surface area (Å²) in [5.74, 6) is -2.52. The predicted octanol–water partition coefficient (Wildman–Crippen LogP) is 3.34. The van der Waals surface area contributed by atoms with Gasteiger partial charge in [0.15, 0.2) is 11.6 Å². The number of primary amides is 1. The molecule has 0 radical (unpaired) electrons. The Hall–Kier alpha value is -2.97. The molecule has 0 fully saturated rings. The Bertz CT molecular complexity index is 1120. The fourth-order valence-electron chi connectivity index (χ4n) is 3.30. The summed E-state index contributed by atoms with van der Waals surface area (Å²) in [6.07, 6.45) is 1.27. The summed E-state index contributed by atoms with van der Waals surface area (Å²) in [7, 11) is 0. The molecule has 3 aromatic rings. The van der Waals surface area contributed by atoms with Crippen molar-refractivity contribution in [2.24, 2.45) is 10.7 Å². The smallest absolute Gasteiger partial charge is 0.260 e. The van der Waals surface area contributed by atoms with Crippen molar-refractivity contribution in [2.75, 3.05) is 6.54 Å². The van der Waals surface area contributed by atoms with E-state index in [9.17, 15) is 13.6 Å². The van der Waals surface area contributed by atoms with Crippen LogP contribution in [0.1, 0.15) is 11.1 Å². The molecule has 29 heavy (non-hydrogen) atoms. The van der Waals surface area contributed by atoms with Crippen LogP contribution in [0.3, 0.4) is 0 Å². The van der Waals surface area contributed by atoms with E-state index in [-0.39, 0.29) is 17.9 Å². The van der Waals surface area contributed by atoms with E-state index in [1.807, 2.05) is 18.3 Å². The quantitative estimate of drug-likeness (QED) is 0.644. The van der Waals surface area contributed by atoms with E-state index >= 15 is 0 Å². The lowest BCUT2D eigenvalue weighted by molar-refractivity contribution is -0.137. The van der Waals surface area contributed by atoms with Gasteiger partial charge in [0.2, 0.25) is 12.1 Å². The molecule has 1 atom stereocenters. The third kappa shape index (κ3) is 3.94. The zero-order valence-corrected chi connectivity index (χ0v) is 15.9. The number of fused-ring (bicyclic) bond motifs is 1. The summed E-state index contributed by atoms with van der Waals surface area (Å²) >= 11 is 6.07. The fraction of sp³-hybridized carbons (Fsp3) is 0.200. The average Bonchev–Trinajstić information content (AvgIpc) is 3.27. The molecule has 6 nitrogen and oxygen atoms in total. The van der Waals surface area contributed by atoms with Crippen LogP contribution in [0.4, 0.5) is 8.78 Å². The van der Waals surface area contributed by atoms with Gasteiger partial charge in [0.05, 0.1) is 6.42 Å². The highest BCUT2D eigenvalue weighted by molar-refractivity contribution is 6.31. The highest BCUT2D eigenvalue weighted by Gasteiger charge is 2.33. The number of rotatable bonds is 6. The first-order chi connectivity index (χ1) is 13.9. The van der Waals surface area contributed by atoms with Gasteiger partial charge in [-0.3, -0.25) is 4.79 Å². The Morgan fingerprint density at radius 2 is 2.10 bits per heavy atom. The SMILES string of the molecule is NC(=O)C1N=C(Cc2cccc(F)c2F)ON1CCc1c[nH]c2ccc(Cl)cc12. The molecule has 0 spiro atoms. The Kier molecular flexibility index (Phi) is 5.21. The lowest BCUT2D eigenvalue weighted by Gasteiger charge is -2.19. The number of benzene rings is 2. The first kappa shape index (κ1) is 19.4. The highest BCUT2D eigenvalue weighted by atomic mass is 35.5. The normalized spacial score (nSPS) is 16.8. The summed E-state index contributed by atoms with van der Waals surface area (Å²) in [6.45, 7) is 0.311. The molecule has 0 bridgehead atoms. The summed E-state index contributed by atoms with van der Waals surface area (Å²) in [5, 5.41) is 2.93. The molecule has 2 aromatic carbocycles. The molecular weight excluding hydrogens is 402 g/mol. The molecule has 9 heteroatoms. The van der Waals surface area contributed by atoms with Gasteiger partial charge in [0, 0.05) is 34.2 Å². The number of halogens is 3. The van der Waals surface area contributed by atoms with Gasteiger partial charge in [0.25, 0.3) is 5.91 Å². The minimum atomic E-state index is -1.03. The number of aliphatic imine (C=N–C) groups is 1. The van der Waals surface area contributed by atoms with E-state index in [1.54, 1.807) is 6.07 Å². The van der Waals surface area contributed by atoms with Crippen molar-refractivity contribution >= 4 is 34.3 Å². The van der Waals surface area contributed by atoms with Crippen molar-refractivity contribution in [2.45, 2.75) is 19.0 Å². The van der Waals surface area contributed by atoms with Crippen LogP contribution in [-0.4, -0.2) is 34.6 Å². The molecule has 3 N–H and O–H groups in total. The van der Waals surface area contributed by atoms with E-state index in [0.29, 0.717) is 18.0 Å². The monoisotopic (exact) mass is 418 g/mol. The molecule has 1 unspecified atom stereocenters. The Morgan fingerprint density at radius 3 is 2.90 bits per heavy atom. The maximum Gasteiger partial charge on any atom is 0.260 e. The molecule has 150 valence electrons. The number of amides is 1. The first-order valence-corrected chi connectivity index (χ1v) is 9.29. The number of hydrogen-bond acceptors (Lipinski definition) is 4. The second-order valence-electron chi connectivity index (χ2n) is 6.67. The molecule has 1 aliphatic heterocycles. The number of hydroxylamine groups is 2. The molecule has 2 heterocycles. The third-order valence-corrected chi connectivity index (χ3v) is 4.96. The van der Waals surface area contributed by atoms with Gasteiger partial charge in [0.1, 0.15) is 0 Å². The zero-order valence-electron chi connectivity index (χ0n) is 15.2.